The number of aryl methyl sites for hydroxylation is 1. The number of anilines is 2. The molecule has 0 aliphatic carbocycles. The van der Waals surface area contributed by atoms with Crippen LogP contribution in [-0.4, -0.2) is 42.0 Å². The predicted octanol–water partition coefficient (Wildman–Crippen LogP) is 3.77. The fraction of sp³-hybridized carbons (Fsp3) is 0.273. The lowest BCUT2D eigenvalue weighted by Crippen LogP contribution is -2.24. The number of carbonyl (C=O) groups excluding carboxylic acids is 2. The van der Waals surface area contributed by atoms with Crippen LogP contribution in [0.25, 0.3) is 11.3 Å². The zero-order valence-electron chi connectivity index (χ0n) is 16.8. The smallest absolute Gasteiger partial charge is 0.310 e. The molecule has 1 N–H and O–H groups in total. The van der Waals surface area contributed by atoms with Gasteiger partial charge in [-0.05, 0) is 25.5 Å². The Hall–Kier alpha value is -3.26. The molecule has 2 aromatic heterocycles. The molecule has 8 heteroatoms. The SMILES string of the molecule is COC(=O)C1CCN(c2ccc(C(=O)Nc3nc(-c4ccccc4)c(C)s3)cn2)C1. The van der Waals surface area contributed by atoms with Crippen LogP contribution in [0.3, 0.4) is 0 Å². The molecule has 0 bridgehead atoms. The molecule has 154 valence electrons. The third-order valence-corrected chi connectivity index (χ3v) is 6.01. The number of rotatable bonds is 5. The van der Waals surface area contributed by atoms with Gasteiger partial charge in [0.1, 0.15) is 5.82 Å². The van der Waals surface area contributed by atoms with Crippen molar-refractivity contribution in [2.24, 2.45) is 5.92 Å². The van der Waals surface area contributed by atoms with Gasteiger partial charge in [0.2, 0.25) is 0 Å². The summed E-state index contributed by atoms with van der Waals surface area (Å²) < 4.78 is 4.82. The molecular formula is C22H22N4O3S. The molecule has 4 rings (SSSR count). The highest BCUT2D eigenvalue weighted by molar-refractivity contribution is 7.16. The summed E-state index contributed by atoms with van der Waals surface area (Å²) in [5.74, 6) is 0.166. The Kier molecular flexibility index (Phi) is 5.76. The van der Waals surface area contributed by atoms with E-state index in [0.717, 1.165) is 34.9 Å². The minimum absolute atomic E-state index is 0.133. The summed E-state index contributed by atoms with van der Waals surface area (Å²) in [6.45, 7) is 3.30. The van der Waals surface area contributed by atoms with E-state index in [0.29, 0.717) is 17.2 Å². The summed E-state index contributed by atoms with van der Waals surface area (Å²) in [5.41, 5.74) is 2.35. The van der Waals surface area contributed by atoms with Crippen molar-refractivity contribution in [2.45, 2.75) is 13.3 Å². The van der Waals surface area contributed by atoms with E-state index in [-0.39, 0.29) is 17.8 Å². The fourth-order valence-corrected chi connectivity index (χ4v) is 4.35. The van der Waals surface area contributed by atoms with Crippen LogP contribution in [0.4, 0.5) is 10.9 Å². The number of carbonyl (C=O) groups is 2. The summed E-state index contributed by atoms with van der Waals surface area (Å²) in [6.07, 6.45) is 2.29. The lowest BCUT2D eigenvalue weighted by Gasteiger charge is -2.17. The second kappa shape index (κ2) is 8.62. The highest BCUT2D eigenvalue weighted by atomic mass is 32.1. The number of nitrogens with zero attached hydrogens (tertiary/aromatic N) is 3. The average Bonchev–Trinajstić information content (AvgIpc) is 3.41. The minimum Gasteiger partial charge on any atom is -0.469 e. The number of esters is 1. The Morgan fingerprint density at radius 1 is 1.20 bits per heavy atom. The van der Waals surface area contributed by atoms with Crippen LogP contribution >= 0.6 is 11.3 Å². The van der Waals surface area contributed by atoms with Crippen LogP contribution in [0.2, 0.25) is 0 Å². The van der Waals surface area contributed by atoms with Gasteiger partial charge in [-0.2, -0.15) is 0 Å². The van der Waals surface area contributed by atoms with Crippen LogP contribution in [0.15, 0.2) is 48.7 Å². The molecule has 1 saturated heterocycles. The molecule has 30 heavy (non-hydrogen) atoms. The first-order valence-corrected chi connectivity index (χ1v) is 10.5. The summed E-state index contributed by atoms with van der Waals surface area (Å²) in [4.78, 5) is 36.4. The molecule has 3 heterocycles. The van der Waals surface area contributed by atoms with Crippen molar-refractivity contribution in [3.8, 4) is 11.3 Å². The van der Waals surface area contributed by atoms with E-state index in [1.54, 1.807) is 18.3 Å². The van der Waals surface area contributed by atoms with Gasteiger partial charge < -0.3 is 9.64 Å². The molecule has 1 atom stereocenters. The number of thiazole rings is 1. The molecule has 7 nitrogen and oxygen atoms in total. The number of pyridine rings is 1. The number of nitrogens with one attached hydrogen (secondary N) is 1. The second-order valence-corrected chi connectivity index (χ2v) is 8.31. The van der Waals surface area contributed by atoms with Crippen molar-refractivity contribution in [3.05, 3.63) is 59.1 Å². The molecule has 3 aromatic rings. The summed E-state index contributed by atoms with van der Waals surface area (Å²) in [6, 6.07) is 13.4. The standard InChI is InChI=1S/C22H22N4O3S/c1-14-19(15-6-4-3-5-7-15)24-22(30-14)25-20(27)16-8-9-18(23-12-16)26-11-10-17(13-26)21(28)29-2/h3-9,12,17H,10-11,13H2,1-2H3,(H,24,25,27). The van der Waals surface area contributed by atoms with E-state index in [1.165, 1.54) is 18.4 Å². The Bertz CT molecular complexity index is 1050. The van der Waals surface area contributed by atoms with E-state index in [2.05, 4.69) is 15.3 Å². The molecule has 1 aliphatic heterocycles. The van der Waals surface area contributed by atoms with Gasteiger partial charge in [-0.15, -0.1) is 11.3 Å². The van der Waals surface area contributed by atoms with Gasteiger partial charge in [-0.1, -0.05) is 30.3 Å². The van der Waals surface area contributed by atoms with Gasteiger partial charge in [-0.25, -0.2) is 9.97 Å². The Labute approximate surface area is 178 Å². The van der Waals surface area contributed by atoms with Crippen molar-refractivity contribution in [2.75, 3.05) is 30.4 Å². The molecule has 1 amide bonds. The maximum absolute atomic E-state index is 12.6. The molecule has 1 fully saturated rings. The maximum Gasteiger partial charge on any atom is 0.310 e. The van der Waals surface area contributed by atoms with Crippen molar-refractivity contribution in [3.63, 3.8) is 0 Å². The highest BCUT2D eigenvalue weighted by Crippen LogP contribution is 2.30. The van der Waals surface area contributed by atoms with Crippen LogP contribution in [-0.2, 0) is 9.53 Å². The van der Waals surface area contributed by atoms with Crippen molar-refractivity contribution >= 4 is 34.2 Å². The largest absolute Gasteiger partial charge is 0.469 e. The lowest BCUT2D eigenvalue weighted by atomic mass is 10.1. The molecular weight excluding hydrogens is 400 g/mol. The number of methoxy groups -OCH3 is 1. The zero-order chi connectivity index (χ0) is 21.1. The van der Waals surface area contributed by atoms with E-state index in [9.17, 15) is 9.59 Å². The normalized spacial score (nSPS) is 15.8. The molecule has 1 unspecified atom stereocenters. The first-order chi connectivity index (χ1) is 14.5. The number of hydrogen-bond donors (Lipinski definition) is 1. The van der Waals surface area contributed by atoms with Crippen molar-refractivity contribution < 1.29 is 14.3 Å². The number of hydrogen-bond acceptors (Lipinski definition) is 7. The monoisotopic (exact) mass is 422 g/mol. The maximum atomic E-state index is 12.6. The van der Waals surface area contributed by atoms with Gasteiger partial charge in [0.25, 0.3) is 5.91 Å². The van der Waals surface area contributed by atoms with Gasteiger partial charge >= 0.3 is 5.97 Å². The van der Waals surface area contributed by atoms with E-state index in [4.69, 9.17) is 4.74 Å². The van der Waals surface area contributed by atoms with Gasteiger partial charge in [-0.3, -0.25) is 14.9 Å². The molecule has 0 radical (unpaired) electrons. The van der Waals surface area contributed by atoms with E-state index < -0.39 is 0 Å². The number of ether oxygens (including phenoxy) is 1. The first kappa shape index (κ1) is 20.0. The quantitative estimate of drug-likeness (QED) is 0.630. The first-order valence-electron chi connectivity index (χ1n) is 9.68. The van der Waals surface area contributed by atoms with Gasteiger partial charge in [0.15, 0.2) is 5.13 Å². The fourth-order valence-electron chi connectivity index (χ4n) is 3.52. The highest BCUT2D eigenvalue weighted by Gasteiger charge is 2.29. The van der Waals surface area contributed by atoms with Crippen molar-refractivity contribution in [1.82, 2.24) is 9.97 Å². The van der Waals surface area contributed by atoms with E-state index in [1.807, 2.05) is 42.2 Å². The number of benzene rings is 1. The second-order valence-electron chi connectivity index (χ2n) is 7.10. The summed E-state index contributed by atoms with van der Waals surface area (Å²) >= 11 is 1.45. The zero-order valence-corrected chi connectivity index (χ0v) is 17.6. The van der Waals surface area contributed by atoms with Crippen LogP contribution < -0.4 is 10.2 Å². The summed E-state index contributed by atoms with van der Waals surface area (Å²) in [7, 11) is 1.41. The molecule has 1 aromatic carbocycles. The van der Waals surface area contributed by atoms with E-state index >= 15 is 0 Å². The number of aromatic nitrogens is 2. The molecule has 1 aliphatic rings. The number of amides is 1. The molecule has 0 saturated carbocycles. The van der Waals surface area contributed by atoms with Crippen LogP contribution in [0.5, 0.6) is 0 Å². The third-order valence-electron chi connectivity index (χ3n) is 5.12. The third kappa shape index (κ3) is 4.18. The topological polar surface area (TPSA) is 84.4 Å². The lowest BCUT2D eigenvalue weighted by molar-refractivity contribution is -0.144. The van der Waals surface area contributed by atoms with Gasteiger partial charge in [0, 0.05) is 29.7 Å². The van der Waals surface area contributed by atoms with Crippen LogP contribution in [0, 0.1) is 12.8 Å². The Balaban J connectivity index is 1.42. The van der Waals surface area contributed by atoms with Crippen LogP contribution in [0.1, 0.15) is 21.7 Å². The summed E-state index contributed by atoms with van der Waals surface area (Å²) in [5, 5.41) is 3.42. The predicted molar refractivity (Wildman–Crippen MR) is 117 cm³/mol. The van der Waals surface area contributed by atoms with Gasteiger partial charge in [0.05, 0.1) is 24.3 Å². The minimum atomic E-state index is -0.253. The Morgan fingerprint density at radius 3 is 2.70 bits per heavy atom. The average molecular weight is 423 g/mol. The van der Waals surface area contributed by atoms with Crippen molar-refractivity contribution in [1.29, 1.82) is 0 Å². The Morgan fingerprint density at radius 2 is 2.00 bits per heavy atom. The molecule has 0 spiro atoms.